The molecule has 0 aromatic rings. The van der Waals surface area contributed by atoms with Crippen molar-refractivity contribution in [3.05, 3.63) is 35.5 Å². The Morgan fingerprint density at radius 1 is 1.24 bits per heavy atom. The fourth-order valence-electron chi connectivity index (χ4n) is 2.37. The summed E-state index contributed by atoms with van der Waals surface area (Å²) in [5, 5.41) is 0. The van der Waals surface area contributed by atoms with E-state index < -0.39 is 0 Å². The summed E-state index contributed by atoms with van der Waals surface area (Å²) in [6, 6.07) is 0. The molecule has 0 unspecified atom stereocenters. The Hall–Kier alpha value is -0.780. The molecular weight excluding hydrogens is 204 g/mol. The quantitative estimate of drug-likeness (QED) is 0.524. The lowest BCUT2D eigenvalue weighted by Crippen LogP contribution is -2.12. The molecule has 0 atom stereocenters. The second kappa shape index (κ2) is 6.83. The zero-order valence-electron chi connectivity index (χ0n) is 12.1. The van der Waals surface area contributed by atoms with Crippen LogP contribution in [0.25, 0.3) is 0 Å². The number of hydrogen-bond donors (Lipinski definition) is 0. The molecule has 1 aliphatic rings. The second-order valence-electron chi connectivity index (χ2n) is 6.02. The maximum atomic E-state index is 2.35. The van der Waals surface area contributed by atoms with Gasteiger partial charge in [0.1, 0.15) is 0 Å². The van der Waals surface area contributed by atoms with Gasteiger partial charge in [-0.3, -0.25) is 0 Å². The lowest BCUT2D eigenvalue weighted by atomic mass is 9.78. The van der Waals surface area contributed by atoms with E-state index in [1.807, 2.05) is 0 Å². The summed E-state index contributed by atoms with van der Waals surface area (Å²) in [5.74, 6) is 0. The molecule has 0 aliphatic heterocycles. The van der Waals surface area contributed by atoms with Gasteiger partial charge in [0, 0.05) is 0 Å². The predicted molar refractivity (Wildman–Crippen MR) is 78.1 cm³/mol. The van der Waals surface area contributed by atoms with Crippen molar-refractivity contribution in [2.24, 2.45) is 5.41 Å². The van der Waals surface area contributed by atoms with Gasteiger partial charge in [0.25, 0.3) is 0 Å². The molecule has 0 heterocycles. The van der Waals surface area contributed by atoms with E-state index in [2.05, 4.69) is 52.0 Å². The third-order valence-corrected chi connectivity index (χ3v) is 3.38. The highest BCUT2D eigenvalue weighted by atomic mass is 14.2. The summed E-state index contributed by atoms with van der Waals surface area (Å²) in [5.41, 5.74) is 3.39. The van der Waals surface area contributed by atoms with Crippen LogP contribution in [0.3, 0.4) is 0 Å². The Balaban J connectivity index is 2.65. The van der Waals surface area contributed by atoms with Gasteiger partial charge in [-0.05, 0) is 36.7 Å². The highest BCUT2D eigenvalue weighted by Crippen LogP contribution is 2.35. The highest BCUT2D eigenvalue weighted by molar-refractivity contribution is 5.40. The van der Waals surface area contributed by atoms with Crippen LogP contribution in [-0.4, -0.2) is 0 Å². The molecule has 0 N–H and O–H groups in total. The molecule has 0 bridgehead atoms. The van der Waals surface area contributed by atoms with Gasteiger partial charge in [-0.25, -0.2) is 0 Å². The summed E-state index contributed by atoms with van der Waals surface area (Å²) in [7, 11) is 0. The lowest BCUT2D eigenvalue weighted by molar-refractivity contribution is 0.478. The molecule has 0 aromatic heterocycles. The SMILES string of the molecule is CCCCC/C=C/C1=C(C(C)(C)C)CCC=C1. The van der Waals surface area contributed by atoms with Crippen molar-refractivity contribution in [2.75, 3.05) is 0 Å². The molecule has 1 rings (SSSR count). The minimum absolute atomic E-state index is 0.313. The summed E-state index contributed by atoms with van der Waals surface area (Å²) >= 11 is 0. The van der Waals surface area contributed by atoms with Crippen molar-refractivity contribution in [1.82, 2.24) is 0 Å². The van der Waals surface area contributed by atoms with Crippen molar-refractivity contribution < 1.29 is 0 Å². The van der Waals surface area contributed by atoms with Crippen molar-refractivity contribution in [2.45, 2.75) is 66.2 Å². The van der Waals surface area contributed by atoms with Crippen LogP contribution in [-0.2, 0) is 0 Å². The fourth-order valence-corrected chi connectivity index (χ4v) is 2.37. The Morgan fingerprint density at radius 2 is 2.00 bits per heavy atom. The van der Waals surface area contributed by atoms with Gasteiger partial charge < -0.3 is 0 Å². The first-order valence-corrected chi connectivity index (χ1v) is 7.12. The van der Waals surface area contributed by atoms with Crippen LogP contribution < -0.4 is 0 Å². The molecule has 0 saturated carbocycles. The molecule has 0 fully saturated rings. The van der Waals surface area contributed by atoms with Crippen LogP contribution in [0.5, 0.6) is 0 Å². The molecule has 17 heavy (non-hydrogen) atoms. The zero-order chi connectivity index (χ0) is 12.7. The molecule has 0 saturated heterocycles. The Morgan fingerprint density at radius 3 is 2.65 bits per heavy atom. The summed E-state index contributed by atoms with van der Waals surface area (Å²) < 4.78 is 0. The highest BCUT2D eigenvalue weighted by Gasteiger charge is 2.20. The summed E-state index contributed by atoms with van der Waals surface area (Å²) in [6.07, 6.45) is 17.0. The van der Waals surface area contributed by atoms with E-state index in [-0.39, 0.29) is 0 Å². The Labute approximate surface area is 108 Å². The van der Waals surface area contributed by atoms with Crippen LogP contribution in [0.1, 0.15) is 66.2 Å². The molecule has 0 aromatic carbocycles. The molecule has 0 spiro atoms. The van der Waals surface area contributed by atoms with E-state index in [0.717, 1.165) is 0 Å². The first-order valence-electron chi connectivity index (χ1n) is 7.12. The Kier molecular flexibility index (Phi) is 5.74. The topological polar surface area (TPSA) is 0 Å². The first-order chi connectivity index (χ1) is 8.05. The molecule has 0 radical (unpaired) electrons. The van der Waals surface area contributed by atoms with Gasteiger partial charge in [0.15, 0.2) is 0 Å². The van der Waals surface area contributed by atoms with Crippen LogP contribution in [0.15, 0.2) is 35.5 Å². The average molecular weight is 232 g/mol. The maximum Gasteiger partial charge on any atom is -0.0164 e. The second-order valence-corrected chi connectivity index (χ2v) is 6.02. The lowest BCUT2D eigenvalue weighted by Gasteiger charge is -2.27. The molecule has 0 nitrogen and oxygen atoms in total. The van der Waals surface area contributed by atoms with E-state index in [9.17, 15) is 0 Å². The largest absolute Gasteiger partial charge is 0.0839 e. The minimum Gasteiger partial charge on any atom is -0.0839 e. The van der Waals surface area contributed by atoms with Gasteiger partial charge >= 0.3 is 0 Å². The number of rotatable bonds is 5. The van der Waals surface area contributed by atoms with Crippen LogP contribution >= 0.6 is 0 Å². The number of allylic oxidation sites excluding steroid dienone is 6. The van der Waals surface area contributed by atoms with E-state index >= 15 is 0 Å². The maximum absolute atomic E-state index is 2.35. The van der Waals surface area contributed by atoms with E-state index in [1.54, 1.807) is 5.57 Å². The molecule has 0 heteroatoms. The first kappa shape index (κ1) is 14.3. The molecule has 1 aliphatic carbocycles. The van der Waals surface area contributed by atoms with Crippen molar-refractivity contribution >= 4 is 0 Å². The van der Waals surface area contributed by atoms with E-state index in [1.165, 1.54) is 44.1 Å². The normalized spacial score (nSPS) is 17.2. The number of hydrogen-bond acceptors (Lipinski definition) is 0. The monoisotopic (exact) mass is 232 g/mol. The van der Waals surface area contributed by atoms with Crippen molar-refractivity contribution in [3.63, 3.8) is 0 Å². The van der Waals surface area contributed by atoms with Crippen LogP contribution in [0.4, 0.5) is 0 Å². The predicted octanol–water partition coefficient (Wildman–Crippen LogP) is 5.82. The smallest absolute Gasteiger partial charge is 0.0164 e. The van der Waals surface area contributed by atoms with Crippen LogP contribution in [0.2, 0.25) is 0 Å². The average Bonchev–Trinajstić information content (AvgIpc) is 2.28. The van der Waals surface area contributed by atoms with Gasteiger partial charge in [-0.2, -0.15) is 0 Å². The zero-order valence-corrected chi connectivity index (χ0v) is 12.1. The van der Waals surface area contributed by atoms with Gasteiger partial charge in [0.2, 0.25) is 0 Å². The van der Waals surface area contributed by atoms with E-state index in [4.69, 9.17) is 0 Å². The minimum atomic E-state index is 0.313. The third kappa shape index (κ3) is 4.93. The standard InChI is InChI=1S/C17H28/c1-5-6-7-8-9-12-15-13-10-11-14-16(15)17(2,3)4/h9-10,12-13H,5-8,11,14H2,1-4H3/b12-9+. The van der Waals surface area contributed by atoms with Crippen molar-refractivity contribution in [1.29, 1.82) is 0 Å². The van der Waals surface area contributed by atoms with Gasteiger partial charge in [-0.15, -0.1) is 0 Å². The summed E-state index contributed by atoms with van der Waals surface area (Å²) in [6.45, 7) is 9.24. The third-order valence-electron chi connectivity index (χ3n) is 3.38. The Bertz CT molecular complexity index is 307. The molecule has 96 valence electrons. The molecule has 0 amide bonds. The molecular formula is C17H28. The number of unbranched alkanes of at least 4 members (excludes halogenated alkanes) is 3. The van der Waals surface area contributed by atoms with Gasteiger partial charge in [0.05, 0.1) is 0 Å². The fraction of sp³-hybridized carbons (Fsp3) is 0.647. The van der Waals surface area contributed by atoms with Crippen molar-refractivity contribution in [3.8, 4) is 0 Å². The van der Waals surface area contributed by atoms with E-state index in [0.29, 0.717) is 5.41 Å². The van der Waals surface area contributed by atoms with Gasteiger partial charge in [-0.1, -0.05) is 70.4 Å². The summed E-state index contributed by atoms with van der Waals surface area (Å²) in [4.78, 5) is 0. The van der Waals surface area contributed by atoms with Crippen LogP contribution in [0, 0.1) is 5.41 Å².